The van der Waals surface area contributed by atoms with E-state index in [1.807, 2.05) is 41.5 Å². The van der Waals surface area contributed by atoms with E-state index in [2.05, 4.69) is 0 Å². The van der Waals surface area contributed by atoms with Crippen molar-refractivity contribution < 1.29 is 18.3 Å². The number of nitrogens with zero attached hydrogens (tertiary/aromatic N) is 1. The molecule has 0 fully saturated rings. The van der Waals surface area contributed by atoms with Crippen LogP contribution in [-0.4, -0.2) is 55.5 Å². The number of hydrogen-bond acceptors (Lipinski definition) is 4. The van der Waals surface area contributed by atoms with Crippen LogP contribution in [0.2, 0.25) is 0 Å². The first kappa shape index (κ1) is 21.8. The van der Waals surface area contributed by atoms with Gasteiger partial charge >= 0.3 is 0 Å². The van der Waals surface area contributed by atoms with Crippen LogP contribution in [0.3, 0.4) is 0 Å². The molecule has 0 saturated carbocycles. The standard InChI is InChI=1S/C16H35NO4S/c1-9-15(5,12-16(6,18)10-2)14(11-21-13(3)4)17(7)22(8,19)20/h13-14,18H,9-12H2,1-8H3. The lowest BCUT2D eigenvalue weighted by molar-refractivity contribution is -0.0444. The summed E-state index contributed by atoms with van der Waals surface area (Å²) in [4.78, 5) is 0. The minimum atomic E-state index is -3.33. The fourth-order valence-electron chi connectivity index (χ4n) is 2.73. The number of hydrogen-bond donors (Lipinski definition) is 1. The lowest BCUT2D eigenvalue weighted by atomic mass is 9.71. The fourth-order valence-corrected chi connectivity index (χ4v) is 3.51. The zero-order chi connectivity index (χ0) is 17.8. The van der Waals surface area contributed by atoms with Gasteiger partial charge in [0.1, 0.15) is 0 Å². The molecule has 0 spiro atoms. The molecule has 0 radical (unpaired) electrons. The van der Waals surface area contributed by atoms with Gasteiger partial charge in [0.25, 0.3) is 0 Å². The molecule has 0 aliphatic heterocycles. The van der Waals surface area contributed by atoms with Gasteiger partial charge in [0.05, 0.1) is 30.6 Å². The van der Waals surface area contributed by atoms with E-state index in [0.717, 1.165) is 6.42 Å². The van der Waals surface area contributed by atoms with E-state index in [1.165, 1.54) is 10.6 Å². The van der Waals surface area contributed by atoms with E-state index in [4.69, 9.17) is 4.74 Å². The highest BCUT2D eigenvalue weighted by molar-refractivity contribution is 7.88. The maximum Gasteiger partial charge on any atom is 0.211 e. The number of sulfonamides is 1. The van der Waals surface area contributed by atoms with Crippen LogP contribution in [0, 0.1) is 5.41 Å². The fraction of sp³-hybridized carbons (Fsp3) is 1.00. The molecule has 0 aromatic carbocycles. The summed E-state index contributed by atoms with van der Waals surface area (Å²) >= 11 is 0. The van der Waals surface area contributed by atoms with Gasteiger partial charge in [-0.1, -0.05) is 20.8 Å². The smallest absolute Gasteiger partial charge is 0.211 e. The molecule has 0 aliphatic carbocycles. The molecule has 0 bridgehead atoms. The number of rotatable bonds is 10. The Hall–Kier alpha value is -0.170. The van der Waals surface area contributed by atoms with Crippen LogP contribution in [0.25, 0.3) is 0 Å². The van der Waals surface area contributed by atoms with Gasteiger partial charge < -0.3 is 9.84 Å². The molecule has 5 nitrogen and oxygen atoms in total. The molecule has 6 heteroatoms. The van der Waals surface area contributed by atoms with Gasteiger partial charge in [-0.3, -0.25) is 0 Å². The second-order valence-electron chi connectivity index (χ2n) is 7.21. The van der Waals surface area contributed by atoms with Crippen molar-refractivity contribution in [1.29, 1.82) is 0 Å². The SMILES string of the molecule is CCC(C)(O)CC(C)(CC)C(COC(C)C)N(C)S(C)(=O)=O. The lowest BCUT2D eigenvalue weighted by Gasteiger charge is -2.44. The summed E-state index contributed by atoms with van der Waals surface area (Å²) in [5.74, 6) is 0. The van der Waals surface area contributed by atoms with Crippen LogP contribution in [0.5, 0.6) is 0 Å². The minimum absolute atomic E-state index is 0.0308. The van der Waals surface area contributed by atoms with Crippen LogP contribution in [0.4, 0.5) is 0 Å². The molecule has 0 saturated heterocycles. The summed E-state index contributed by atoms with van der Waals surface area (Å²) in [7, 11) is -1.74. The van der Waals surface area contributed by atoms with Crippen LogP contribution in [0.15, 0.2) is 0 Å². The Balaban J connectivity index is 5.58. The average Bonchev–Trinajstić information content (AvgIpc) is 2.36. The highest BCUT2D eigenvalue weighted by Gasteiger charge is 2.42. The van der Waals surface area contributed by atoms with Gasteiger partial charge in [-0.25, -0.2) is 8.42 Å². The predicted octanol–water partition coefficient (Wildman–Crippen LogP) is 2.64. The normalized spacial score (nSPS) is 20.0. The number of ether oxygens (including phenoxy) is 1. The molecule has 0 rings (SSSR count). The molecule has 22 heavy (non-hydrogen) atoms. The van der Waals surface area contributed by atoms with Crippen molar-refractivity contribution >= 4 is 10.0 Å². The summed E-state index contributed by atoms with van der Waals surface area (Å²) in [6.45, 7) is 12.0. The van der Waals surface area contributed by atoms with E-state index in [0.29, 0.717) is 19.4 Å². The van der Waals surface area contributed by atoms with Crippen molar-refractivity contribution in [2.24, 2.45) is 5.41 Å². The highest BCUT2D eigenvalue weighted by atomic mass is 32.2. The Bertz CT molecular complexity index is 433. The largest absolute Gasteiger partial charge is 0.390 e. The maximum absolute atomic E-state index is 12.0. The third-order valence-corrected chi connectivity index (χ3v) is 6.01. The van der Waals surface area contributed by atoms with Crippen LogP contribution < -0.4 is 0 Å². The molecule has 0 aliphatic rings. The molecule has 0 aromatic rings. The number of likely N-dealkylation sites (N-methyl/N-ethyl adjacent to an activating group) is 1. The Morgan fingerprint density at radius 3 is 2.00 bits per heavy atom. The van der Waals surface area contributed by atoms with Crippen molar-refractivity contribution in [2.75, 3.05) is 19.9 Å². The van der Waals surface area contributed by atoms with Gasteiger partial charge in [0.15, 0.2) is 0 Å². The first-order valence-corrected chi connectivity index (χ1v) is 9.91. The third-order valence-electron chi connectivity index (χ3n) is 4.71. The van der Waals surface area contributed by atoms with Crippen LogP contribution in [-0.2, 0) is 14.8 Å². The summed E-state index contributed by atoms with van der Waals surface area (Å²) in [5.41, 5.74) is -1.19. The van der Waals surface area contributed by atoms with Gasteiger partial charge in [0.2, 0.25) is 10.0 Å². The van der Waals surface area contributed by atoms with Crippen molar-refractivity contribution in [3.8, 4) is 0 Å². The summed E-state index contributed by atoms with van der Waals surface area (Å²) in [5, 5.41) is 10.5. The predicted molar refractivity (Wildman–Crippen MR) is 91.4 cm³/mol. The summed E-state index contributed by atoms with van der Waals surface area (Å²) in [6.07, 6.45) is 3.16. The van der Waals surface area contributed by atoms with E-state index in [-0.39, 0.29) is 17.6 Å². The Kier molecular flexibility index (Phi) is 8.02. The van der Waals surface area contributed by atoms with Gasteiger partial charge in [-0.05, 0) is 45.4 Å². The Morgan fingerprint density at radius 1 is 1.18 bits per heavy atom. The minimum Gasteiger partial charge on any atom is -0.390 e. The van der Waals surface area contributed by atoms with Crippen molar-refractivity contribution in [3.63, 3.8) is 0 Å². The average molecular weight is 338 g/mol. The van der Waals surface area contributed by atoms with Crippen molar-refractivity contribution in [1.82, 2.24) is 4.31 Å². The molecule has 0 amide bonds. The van der Waals surface area contributed by atoms with Crippen molar-refractivity contribution in [2.45, 2.75) is 78.6 Å². The summed E-state index contributed by atoms with van der Waals surface area (Å²) < 4.78 is 31.2. The van der Waals surface area contributed by atoms with Crippen LogP contribution >= 0.6 is 0 Å². The molecular formula is C16H35NO4S. The molecule has 1 N–H and O–H groups in total. The maximum atomic E-state index is 12.0. The monoisotopic (exact) mass is 337 g/mol. The molecule has 134 valence electrons. The second-order valence-corrected chi connectivity index (χ2v) is 9.25. The third kappa shape index (κ3) is 6.52. The number of aliphatic hydroxyl groups is 1. The van der Waals surface area contributed by atoms with E-state index in [1.54, 1.807) is 7.05 Å². The van der Waals surface area contributed by atoms with E-state index < -0.39 is 15.6 Å². The molecule has 0 heterocycles. The molecule has 3 atom stereocenters. The first-order valence-electron chi connectivity index (χ1n) is 8.06. The van der Waals surface area contributed by atoms with Gasteiger partial charge in [0, 0.05) is 7.05 Å². The second kappa shape index (κ2) is 8.08. The van der Waals surface area contributed by atoms with E-state index >= 15 is 0 Å². The zero-order valence-corrected chi connectivity index (χ0v) is 16.3. The Labute approximate surface area is 137 Å². The van der Waals surface area contributed by atoms with Crippen molar-refractivity contribution in [3.05, 3.63) is 0 Å². The summed E-state index contributed by atoms with van der Waals surface area (Å²) in [6, 6.07) is -0.312. The lowest BCUT2D eigenvalue weighted by Crippen LogP contribution is -2.52. The highest BCUT2D eigenvalue weighted by Crippen LogP contribution is 2.39. The van der Waals surface area contributed by atoms with E-state index in [9.17, 15) is 13.5 Å². The topological polar surface area (TPSA) is 66.8 Å². The first-order chi connectivity index (χ1) is 9.79. The molecule has 0 aromatic heterocycles. The molecule has 3 unspecified atom stereocenters. The van der Waals surface area contributed by atoms with Crippen LogP contribution in [0.1, 0.15) is 60.8 Å². The van der Waals surface area contributed by atoms with Gasteiger partial charge in [-0.2, -0.15) is 4.31 Å². The Morgan fingerprint density at radius 2 is 1.68 bits per heavy atom. The van der Waals surface area contributed by atoms with Gasteiger partial charge in [-0.15, -0.1) is 0 Å². The molecular weight excluding hydrogens is 302 g/mol. The quantitative estimate of drug-likeness (QED) is 0.665. The zero-order valence-electron chi connectivity index (χ0n) is 15.5.